The number of ether oxygens (including phenoxy) is 1. The molecule has 1 saturated carbocycles. The van der Waals surface area contributed by atoms with Gasteiger partial charge in [0.15, 0.2) is 0 Å². The molecule has 94 valence electrons. The zero-order valence-electron chi connectivity index (χ0n) is 10.0. The van der Waals surface area contributed by atoms with E-state index in [-0.39, 0.29) is 11.5 Å². The molecule has 1 aliphatic heterocycles. The minimum absolute atomic E-state index is 0.0312. The Morgan fingerprint density at radius 3 is 2.76 bits per heavy atom. The summed E-state index contributed by atoms with van der Waals surface area (Å²) < 4.78 is 11.0. The monoisotopic (exact) mass is 237 g/mol. The van der Waals surface area contributed by atoms with Crippen molar-refractivity contribution in [2.24, 2.45) is 5.73 Å². The third-order valence-electron chi connectivity index (χ3n) is 4.06. The lowest BCUT2D eigenvalue weighted by Crippen LogP contribution is -2.32. The van der Waals surface area contributed by atoms with Crippen LogP contribution in [0.25, 0.3) is 0 Å². The number of nitrogens with two attached hydrogens (primary N) is 1. The van der Waals surface area contributed by atoms with Crippen LogP contribution in [0, 0.1) is 0 Å². The highest BCUT2D eigenvalue weighted by molar-refractivity contribution is 5.10. The maximum absolute atomic E-state index is 5.90. The molecule has 0 bridgehead atoms. The van der Waals surface area contributed by atoms with Crippen LogP contribution in [0.5, 0.6) is 0 Å². The summed E-state index contributed by atoms with van der Waals surface area (Å²) >= 11 is 0. The molecule has 1 unspecified atom stereocenters. The highest BCUT2D eigenvalue weighted by Gasteiger charge is 2.40. The summed E-state index contributed by atoms with van der Waals surface area (Å²) in [6.45, 7) is 1.40. The molecule has 5 nitrogen and oxygen atoms in total. The van der Waals surface area contributed by atoms with Crippen molar-refractivity contribution in [2.45, 2.75) is 50.0 Å². The minimum atomic E-state index is -0.0656. The average Bonchev–Trinajstić information content (AvgIpc) is 3.10. The molecule has 0 radical (unpaired) electrons. The second-order valence-corrected chi connectivity index (χ2v) is 5.15. The van der Waals surface area contributed by atoms with Crippen molar-refractivity contribution >= 4 is 0 Å². The Hall–Kier alpha value is -0.940. The molecule has 17 heavy (non-hydrogen) atoms. The zero-order valence-corrected chi connectivity index (χ0v) is 10.0. The fraction of sp³-hybridized carbons (Fsp3) is 0.833. The van der Waals surface area contributed by atoms with Crippen molar-refractivity contribution in [3.05, 3.63) is 11.7 Å². The SMILES string of the molecule is NCC1(c2nc(C3CCCO3)no2)CCCC1. The molecule has 0 amide bonds. The molecule has 1 aromatic heterocycles. The van der Waals surface area contributed by atoms with Gasteiger partial charge in [-0.25, -0.2) is 0 Å². The van der Waals surface area contributed by atoms with Crippen molar-refractivity contribution in [1.82, 2.24) is 10.1 Å². The Balaban J connectivity index is 1.83. The van der Waals surface area contributed by atoms with E-state index in [0.717, 1.165) is 38.2 Å². The van der Waals surface area contributed by atoms with E-state index in [4.69, 9.17) is 15.0 Å². The molecule has 1 saturated heterocycles. The first kappa shape index (κ1) is 11.2. The van der Waals surface area contributed by atoms with Crippen molar-refractivity contribution in [2.75, 3.05) is 13.2 Å². The summed E-state index contributed by atoms with van der Waals surface area (Å²) in [5.74, 6) is 1.43. The van der Waals surface area contributed by atoms with Gasteiger partial charge in [-0.15, -0.1) is 0 Å². The highest BCUT2D eigenvalue weighted by atomic mass is 16.5. The highest BCUT2D eigenvalue weighted by Crippen LogP contribution is 2.40. The van der Waals surface area contributed by atoms with Crippen LogP contribution >= 0.6 is 0 Å². The van der Waals surface area contributed by atoms with E-state index in [9.17, 15) is 0 Å². The maximum atomic E-state index is 5.90. The van der Waals surface area contributed by atoms with Gasteiger partial charge in [-0.1, -0.05) is 18.0 Å². The number of hydrogen-bond acceptors (Lipinski definition) is 5. The molecule has 3 rings (SSSR count). The first-order chi connectivity index (χ1) is 8.34. The summed E-state index contributed by atoms with van der Waals surface area (Å²) in [6.07, 6.45) is 6.64. The fourth-order valence-electron chi connectivity index (χ4n) is 2.92. The van der Waals surface area contributed by atoms with Crippen LogP contribution in [-0.4, -0.2) is 23.3 Å². The number of hydrogen-bond donors (Lipinski definition) is 1. The van der Waals surface area contributed by atoms with Crippen molar-refractivity contribution in [3.8, 4) is 0 Å². The Morgan fingerprint density at radius 2 is 2.12 bits per heavy atom. The van der Waals surface area contributed by atoms with Crippen molar-refractivity contribution in [3.63, 3.8) is 0 Å². The lowest BCUT2D eigenvalue weighted by atomic mass is 9.86. The fourth-order valence-corrected chi connectivity index (χ4v) is 2.92. The molecule has 0 aromatic carbocycles. The summed E-state index contributed by atoms with van der Waals surface area (Å²) in [5.41, 5.74) is 5.84. The van der Waals surface area contributed by atoms with Gasteiger partial charge >= 0.3 is 0 Å². The second kappa shape index (κ2) is 4.38. The second-order valence-electron chi connectivity index (χ2n) is 5.15. The Morgan fingerprint density at radius 1 is 1.29 bits per heavy atom. The van der Waals surface area contributed by atoms with Gasteiger partial charge in [0.2, 0.25) is 11.7 Å². The van der Waals surface area contributed by atoms with E-state index < -0.39 is 0 Å². The van der Waals surface area contributed by atoms with Crippen LogP contribution in [-0.2, 0) is 10.2 Å². The molecule has 5 heteroatoms. The van der Waals surface area contributed by atoms with Crippen LogP contribution in [0.15, 0.2) is 4.52 Å². The van der Waals surface area contributed by atoms with E-state index in [1.165, 1.54) is 12.8 Å². The van der Waals surface area contributed by atoms with Gasteiger partial charge in [0.25, 0.3) is 0 Å². The van der Waals surface area contributed by atoms with Gasteiger partial charge in [0, 0.05) is 13.2 Å². The van der Waals surface area contributed by atoms with Crippen LogP contribution in [0.3, 0.4) is 0 Å². The molecule has 2 fully saturated rings. The summed E-state index contributed by atoms with van der Waals surface area (Å²) in [6, 6.07) is 0. The van der Waals surface area contributed by atoms with Gasteiger partial charge in [0.1, 0.15) is 6.10 Å². The topological polar surface area (TPSA) is 74.2 Å². The maximum Gasteiger partial charge on any atom is 0.234 e. The largest absolute Gasteiger partial charge is 0.370 e. The quantitative estimate of drug-likeness (QED) is 0.866. The molecule has 0 spiro atoms. The van der Waals surface area contributed by atoms with Crippen molar-refractivity contribution in [1.29, 1.82) is 0 Å². The normalized spacial score (nSPS) is 27.7. The predicted octanol–water partition coefficient (Wildman–Crippen LogP) is 1.69. The summed E-state index contributed by atoms with van der Waals surface area (Å²) in [7, 11) is 0. The number of nitrogens with zero attached hydrogens (tertiary/aromatic N) is 2. The van der Waals surface area contributed by atoms with Crippen LogP contribution < -0.4 is 5.73 Å². The van der Waals surface area contributed by atoms with E-state index >= 15 is 0 Å². The van der Waals surface area contributed by atoms with Gasteiger partial charge in [-0.05, 0) is 25.7 Å². The first-order valence-electron chi connectivity index (χ1n) is 6.50. The molecular weight excluding hydrogens is 218 g/mol. The molecule has 2 heterocycles. The molecular formula is C12H19N3O2. The van der Waals surface area contributed by atoms with E-state index in [2.05, 4.69) is 10.1 Å². The predicted molar refractivity (Wildman–Crippen MR) is 61.4 cm³/mol. The van der Waals surface area contributed by atoms with Crippen LogP contribution in [0.4, 0.5) is 0 Å². The standard InChI is InChI=1S/C12H19N3O2/c13-8-12(5-1-2-6-12)11-14-10(15-17-11)9-4-3-7-16-9/h9H,1-8,13H2. The van der Waals surface area contributed by atoms with Crippen LogP contribution in [0.2, 0.25) is 0 Å². The lowest BCUT2D eigenvalue weighted by Gasteiger charge is -2.21. The average molecular weight is 237 g/mol. The van der Waals surface area contributed by atoms with Crippen molar-refractivity contribution < 1.29 is 9.26 Å². The minimum Gasteiger partial charge on any atom is -0.370 e. The molecule has 1 atom stereocenters. The molecule has 1 aromatic rings. The smallest absolute Gasteiger partial charge is 0.234 e. The van der Waals surface area contributed by atoms with Gasteiger partial charge in [0.05, 0.1) is 5.41 Å². The van der Waals surface area contributed by atoms with E-state index in [1.54, 1.807) is 0 Å². The Labute approximate surface area is 101 Å². The third kappa shape index (κ3) is 1.87. The van der Waals surface area contributed by atoms with Crippen LogP contribution in [0.1, 0.15) is 56.3 Å². The number of rotatable bonds is 3. The Kier molecular flexibility index (Phi) is 2.88. The molecule has 2 aliphatic rings. The van der Waals surface area contributed by atoms with Gasteiger partial charge in [-0.2, -0.15) is 4.98 Å². The summed E-state index contributed by atoms with van der Waals surface area (Å²) in [4.78, 5) is 4.53. The third-order valence-corrected chi connectivity index (χ3v) is 4.06. The molecule has 2 N–H and O–H groups in total. The molecule has 1 aliphatic carbocycles. The van der Waals surface area contributed by atoms with E-state index in [0.29, 0.717) is 12.4 Å². The van der Waals surface area contributed by atoms with E-state index in [1.807, 2.05) is 0 Å². The lowest BCUT2D eigenvalue weighted by molar-refractivity contribution is 0.103. The first-order valence-corrected chi connectivity index (χ1v) is 6.50. The van der Waals surface area contributed by atoms with Gasteiger partial charge in [-0.3, -0.25) is 0 Å². The zero-order chi connectivity index (χ0) is 11.7. The number of aromatic nitrogens is 2. The van der Waals surface area contributed by atoms with Gasteiger partial charge < -0.3 is 15.0 Å². The Bertz CT molecular complexity index is 379. The summed E-state index contributed by atoms with van der Waals surface area (Å²) in [5, 5.41) is 4.07.